The monoisotopic (exact) mass is 345 g/mol. The van der Waals surface area contributed by atoms with Gasteiger partial charge in [0.25, 0.3) is 5.89 Å². The molecule has 0 N–H and O–H groups in total. The first kappa shape index (κ1) is 16.7. The fraction of sp³-hybridized carbons (Fsp3) is 0.333. The standard InChI is InChI=1S/C18H20ClN3O2/c1-12(2)17(14-6-4-5-7-15(14)19)22(3)10-16-20-18(24-21-16)13-8-9-23-11-13/h4-9,11-12,17H,10H2,1-3H3. The molecule has 0 bridgehead atoms. The lowest BCUT2D eigenvalue weighted by Gasteiger charge is -2.31. The van der Waals surface area contributed by atoms with Gasteiger partial charge in [0.1, 0.15) is 6.26 Å². The van der Waals surface area contributed by atoms with E-state index in [2.05, 4.69) is 35.0 Å². The molecule has 1 unspecified atom stereocenters. The lowest BCUT2D eigenvalue weighted by Crippen LogP contribution is -2.28. The zero-order valence-corrected chi connectivity index (χ0v) is 14.7. The Morgan fingerprint density at radius 2 is 2.00 bits per heavy atom. The summed E-state index contributed by atoms with van der Waals surface area (Å²) in [5, 5.41) is 4.84. The van der Waals surface area contributed by atoms with Gasteiger partial charge in [0, 0.05) is 11.1 Å². The molecule has 0 radical (unpaired) electrons. The van der Waals surface area contributed by atoms with Crippen LogP contribution in [0, 0.1) is 5.92 Å². The molecule has 0 saturated carbocycles. The van der Waals surface area contributed by atoms with Gasteiger partial charge < -0.3 is 8.94 Å². The first-order valence-electron chi connectivity index (χ1n) is 7.86. The molecular weight excluding hydrogens is 326 g/mol. The van der Waals surface area contributed by atoms with Crippen molar-refractivity contribution in [3.8, 4) is 11.5 Å². The van der Waals surface area contributed by atoms with Crippen LogP contribution in [-0.4, -0.2) is 22.1 Å². The quantitative estimate of drug-likeness (QED) is 0.641. The highest BCUT2D eigenvalue weighted by Gasteiger charge is 2.24. The molecule has 2 heterocycles. The van der Waals surface area contributed by atoms with Crippen LogP contribution in [-0.2, 0) is 6.54 Å². The highest BCUT2D eigenvalue weighted by atomic mass is 35.5. The van der Waals surface area contributed by atoms with Crippen LogP contribution in [0.5, 0.6) is 0 Å². The summed E-state index contributed by atoms with van der Waals surface area (Å²) in [6.45, 7) is 4.92. The fourth-order valence-corrected chi connectivity index (χ4v) is 3.21. The van der Waals surface area contributed by atoms with Crippen LogP contribution in [0.25, 0.3) is 11.5 Å². The van der Waals surface area contributed by atoms with E-state index in [1.165, 1.54) is 0 Å². The number of nitrogens with zero attached hydrogens (tertiary/aromatic N) is 3. The maximum Gasteiger partial charge on any atom is 0.261 e. The summed E-state index contributed by atoms with van der Waals surface area (Å²) in [7, 11) is 2.04. The van der Waals surface area contributed by atoms with Gasteiger partial charge in [-0.15, -0.1) is 0 Å². The highest BCUT2D eigenvalue weighted by Crippen LogP contribution is 2.33. The van der Waals surface area contributed by atoms with Crippen LogP contribution in [0.2, 0.25) is 5.02 Å². The van der Waals surface area contributed by atoms with E-state index in [-0.39, 0.29) is 6.04 Å². The Bertz CT molecular complexity index is 783. The third-order valence-corrected chi connectivity index (χ3v) is 4.30. The van der Waals surface area contributed by atoms with Crippen molar-refractivity contribution in [2.75, 3.05) is 7.05 Å². The lowest BCUT2D eigenvalue weighted by atomic mass is 9.94. The predicted molar refractivity (Wildman–Crippen MR) is 92.5 cm³/mol. The summed E-state index contributed by atoms with van der Waals surface area (Å²) in [6, 6.07) is 9.90. The Morgan fingerprint density at radius 3 is 2.67 bits per heavy atom. The van der Waals surface area contributed by atoms with Gasteiger partial charge in [-0.25, -0.2) is 0 Å². The average molecular weight is 346 g/mol. The Hall–Kier alpha value is -2.11. The summed E-state index contributed by atoms with van der Waals surface area (Å²) in [5.41, 5.74) is 1.89. The van der Waals surface area contributed by atoms with Gasteiger partial charge in [-0.2, -0.15) is 4.98 Å². The SMILES string of the molecule is CC(C)C(c1ccccc1Cl)N(C)Cc1noc(-c2ccoc2)n1. The van der Waals surface area contributed by atoms with E-state index < -0.39 is 0 Å². The van der Waals surface area contributed by atoms with Crippen molar-refractivity contribution in [1.82, 2.24) is 15.0 Å². The maximum absolute atomic E-state index is 6.39. The molecule has 0 aliphatic carbocycles. The Labute approximate surface area is 146 Å². The van der Waals surface area contributed by atoms with E-state index in [9.17, 15) is 0 Å². The molecule has 0 spiro atoms. The second-order valence-electron chi connectivity index (χ2n) is 6.15. The van der Waals surface area contributed by atoms with Crippen molar-refractivity contribution in [3.63, 3.8) is 0 Å². The van der Waals surface area contributed by atoms with Crippen molar-refractivity contribution >= 4 is 11.6 Å². The van der Waals surface area contributed by atoms with Crippen molar-refractivity contribution in [3.05, 3.63) is 59.3 Å². The highest BCUT2D eigenvalue weighted by molar-refractivity contribution is 6.31. The van der Waals surface area contributed by atoms with Gasteiger partial charge in [-0.1, -0.05) is 48.8 Å². The topological polar surface area (TPSA) is 55.3 Å². The smallest absolute Gasteiger partial charge is 0.261 e. The van der Waals surface area contributed by atoms with E-state index in [0.29, 0.717) is 24.2 Å². The number of benzene rings is 1. The number of aromatic nitrogens is 2. The summed E-state index contributed by atoms with van der Waals surface area (Å²) < 4.78 is 10.4. The first-order chi connectivity index (χ1) is 11.6. The first-order valence-corrected chi connectivity index (χ1v) is 8.24. The van der Waals surface area contributed by atoms with Crippen LogP contribution in [0.1, 0.15) is 31.3 Å². The van der Waals surface area contributed by atoms with Gasteiger partial charge in [0.05, 0.1) is 18.4 Å². The molecule has 0 aliphatic rings. The van der Waals surface area contributed by atoms with Crippen molar-refractivity contribution in [1.29, 1.82) is 0 Å². The van der Waals surface area contributed by atoms with Crippen LogP contribution in [0.4, 0.5) is 0 Å². The van der Waals surface area contributed by atoms with Crippen molar-refractivity contribution in [2.24, 2.45) is 5.92 Å². The number of halogens is 1. The minimum atomic E-state index is 0.162. The number of hydrogen-bond donors (Lipinski definition) is 0. The summed E-state index contributed by atoms with van der Waals surface area (Å²) in [5.74, 6) is 1.48. The van der Waals surface area contributed by atoms with Gasteiger partial charge in [0.15, 0.2) is 5.82 Å². The second kappa shape index (κ2) is 7.20. The second-order valence-corrected chi connectivity index (χ2v) is 6.56. The van der Waals surface area contributed by atoms with E-state index in [4.69, 9.17) is 20.5 Å². The Balaban J connectivity index is 1.79. The molecule has 2 aromatic heterocycles. The number of rotatable bonds is 6. The molecule has 0 aliphatic heterocycles. The average Bonchev–Trinajstić information content (AvgIpc) is 3.20. The molecule has 0 amide bonds. The summed E-state index contributed by atoms with van der Waals surface area (Å²) >= 11 is 6.39. The lowest BCUT2D eigenvalue weighted by molar-refractivity contribution is 0.180. The zero-order valence-electron chi connectivity index (χ0n) is 13.9. The predicted octanol–water partition coefficient (Wildman–Crippen LogP) is 4.81. The van der Waals surface area contributed by atoms with Crippen LogP contribution in [0.15, 0.2) is 51.8 Å². The summed E-state index contributed by atoms with van der Waals surface area (Å²) in [4.78, 5) is 6.63. The van der Waals surface area contributed by atoms with E-state index in [1.807, 2.05) is 25.2 Å². The van der Waals surface area contributed by atoms with Crippen molar-refractivity contribution in [2.45, 2.75) is 26.4 Å². The third-order valence-electron chi connectivity index (χ3n) is 3.96. The third kappa shape index (κ3) is 3.52. The molecule has 0 saturated heterocycles. The van der Waals surface area contributed by atoms with E-state index in [0.717, 1.165) is 16.1 Å². The molecule has 3 rings (SSSR count). The van der Waals surface area contributed by atoms with Crippen LogP contribution in [0.3, 0.4) is 0 Å². The summed E-state index contributed by atoms with van der Waals surface area (Å²) in [6.07, 6.45) is 3.17. The van der Waals surface area contributed by atoms with E-state index in [1.54, 1.807) is 18.6 Å². The Morgan fingerprint density at radius 1 is 1.21 bits per heavy atom. The molecule has 6 heteroatoms. The largest absolute Gasteiger partial charge is 0.472 e. The molecule has 24 heavy (non-hydrogen) atoms. The van der Waals surface area contributed by atoms with Gasteiger partial charge in [-0.05, 0) is 30.7 Å². The molecule has 3 aromatic rings. The minimum absolute atomic E-state index is 0.162. The molecule has 0 fully saturated rings. The van der Waals surface area contributed by atoms with Crippen LogP contribution >= 0.6 is 11.6 Å². The van der Waals surface area contributed by atoms with Crippen LogP contribution < -0.4 is 0 Å². The zero-order chi connectivity index (χ0) is 17.1. The molecule has 1 atom stereocenters. The molecule has 1 aromatic carbocycles. The molecule has 126 valence electrons. The number of furan rings is 1. The Kier molecular flexibility index (Phi) is 5.02. The fourth-order valence-electron chi connectivity index (χ4n) is 2.96. The van der Waals surface area contributed by atoms with Gasteiger partial charge in [0.2, 0.25) is 0 Å². The van der Waals surface area contributed by atoms with Crippen molar-refractivity contribution < 1.29 is 8.94 Å². The molecule has 5 nitrogen and oxygen atoms in total. The number of hydrogen-bond acceptors (Lipinski definition) is 5. The minimum Gasteiger partial charge on any atom is -0.472 e. The van der Waals surface area contributed by atoms with Gasteiger partial charge >= 0.3 is 0 Å². The van der Waals surface area contributed by atoms with Gasteiger partial charge in [-0.3, -0.25) is 4.90 Å². The molecular formula is C18H20ClN3O2. The van der Waals surface area contributed by atoms with E-state index >= 15 is 0 Å². The normalized spacial score (nSPS) is 12.9. The maximum atomic E-state index is 6.39.